The lowest BCUT2D eigenvalue weighted by Gasteiger charge is -2.33. The lowest BCUT2D eigenvalue weighted by atomic mass is 9.91. The van der Waals surface area contributed by atoms with E-state index in [4.69, 9.17) is 5.73 Å². The summed E-state index contributed by atoms with van der Waals surface area (Å²) in [6.07, 6.45) is 5.67. The molecule has 1 aromatic rings. The van der Waals surface area contributed by atoms with Crippen LogP contribution in [-0.4, -0.2) is 61.1 Å². The Bertz CT molecular complexity index is 544. The summed E-state index contributed by atoms with van der Waals surface area (Å²) in [6, 6.07) is 4.26. The number of likely N-dealkylation sites (N-methyl/N-ethyl adjacent to an activating group) is 1. The lowest BCUT2D eigenvalue weighted by Crippen LogP contribution is -2.45. The molecule has 0 atom stereocenters. The van der Waals surface area contributed by atoms with Crippen LogP contribution in [0.2, 0.25) is 0 Å². The molecule has 3 N–H and O–H groups in total. The highest BCUT2D eigenvalue weighted by Gasteiger charge is 2.21. The molecule has 1 aliphatic heterocycles. The van der Waals surface area contributed by atoms with Crippen molar-refractivity contribution in [3.05, 3.63) is 23.9 Å². The second-order valence-corrected chi connectivity index (χ2v) is 6.78. The Hall–Kier alpha value is -1.08. The van der Waals surface area contributed by atoms with Gasteiger partial charge in [-0.25, -0.2) is 4.98 Å². The first-order valence-electron chi connectivity index (χ1n) is 8.58. The number of aromatic nitrogens is 1. The topological polar surface area (TPSA) is 74.5 Å². The fourth-order valence-corrected chi connectivity index (χ4v) is 3.30. The summed E-state index contributed by atoms with van der Waals surface area (Å²) in [5.41, 5.74) is 6.62. The van der Waals surface area contributed by atoms with Crippen molar-refractivity contribution in [3.63, 3.8) is 0 Å². The molecule has 25 heavy (non-hydrogen) atoms. The van der Waals surface area contributed by atoms with E-state index in [1.165, 1.54) is 0 Å². The van der Waals surface area contributed by atoms with Gasteiger partial charge in [-0.1, -0.05) is 0 Å². The molecule has 2 fully saturated rings. The van der Waals surface area contributed by atoms with E-state index in [0.29, 0.717) is 11.6 Å². The molecule has 1 aromatic heterocycles. The third-order valence-corrected chi connectivity index (χ3v) is 4.94. The van der Waals surface area contributed by atoms with Crippen LogP contribution >= 0.6 is 24.8 Å². The van der Waals surface area contributed by atoms with Gasteiger partial charge in [0.1, 0.15) is 5.82 Å². The van der Waals surface area contributed by atoms with Gasteiger partial charge < -0.3 is 20.9 Å². The molecular formula is C17H29Cl2N5O. The van der Waals surface area contributed by atoms with Crippen LogP contribution in [0.3, 0.4) is 0 Å². The zero-order chi connectivity index (χ0) is 16.2. The summed E-state index contributed by atoms with van der Waals surface area (Å²) in [5.74, 6) is 0.902. The van der Waals surface area contributed by atoms with Crippen molar-refractivity contribution in [2.75, 3.05) is 38.1 Å². The maximum atomic E-state index is 12.5. The van der Waals surface area contributed by atoms with Crippen LogP contribution < -0.4 is 16.0 Å². The smallest absolute Gasteiger partial charge is 0.251 e. The Morgan fingerprint density at radius 3 is 2.44 bits per heavy atom. The summed E-state index contributed by atoms with van der Waals surface area (Å²) < 4.78 is 0. The summed E-state index contributed by atoms with van der Waals surface area (Å²) in [4.78, 5) is 21.5. The number of rotatable bonds is 3. The van der Waals surface area contributed by atoms with E-state index >= 15 is 0 Å². The summed E-state index contributed by atoms with van der Waals surface area (Å²) in [5, 5.41) is 3.14. The van der Waals surface area contributed by atoms with Crippen LogP contribution in [0, 0.1) is 0 Å². The second-order valence-electron chi connectivity index (χ2n) is 6.78. The number of carbonyl (C=O) groups excluding carboxylic acids is 1. The summed E-state index contributed by atoms with van der Waals surface area (Å²) in [7, 11) is 2.13. The minimum atomic E-state index is 0. The van der Waals surface area contributed by atoms with Crippen molar-refractivity contribution in [3.8, 4) is 0 Å². The van der Waals surface area contributed by atoms with Gasteiger partial charge in [0.05, 0.1) is 0 Å². The number of hydrogen-bond acceptors (Lipinski definition) is 5. The normalized spacial score (nSPS) is 24.0. The molecule has 6 nitrogen and oxygen atoms in total. The highest BCUT2D eigenvalue weighted by atomic mass is 35.5. The van der Waals surface area contributed by atoms with Gasteiger partial charge in [-0.15, -0.1) is 24.8 Å². The Morgan fingerprint density at radius 1 is 1.16 bits per heavy atom. The molecule has 3 rings (SSSR count). The molecule has 1 amide bonds. The van der Waals surface area contributed by atoms with E-state index in [1.54, 1.807) is 12.3 Å². The van der Waals surface area contributed by atoms with Gasteiger partial charge in [-0.3, -0.25) is 4.79 Å². The fraction of sp³-hybridized carbons (Fsp3) is 0.647. The molecule has 1 saturated heterocycles. The molecule has 0 bridgehead atoms. The number of carbonyl (C=O) groups is 1. The predicted molar refractivity (Wildman–Crippen MR) is 106 cm³/mol. The van der Waals surface area contributed by atoms with Crippen molar-refractivity contribution in [1.29, 1.82) is 0 Å². The monoisotopic (exact) mass is 389 g/mol. The standard InChI is InChI=1S/C17H27N5O.2ClH/c1-21-8-10-22(11-9-21)16-12-13(6-7-19-16)17(23)20-15-4-2-14(18)3-5-15;;/h6-7,12,14-15H,2-5,8-11,18H2,1H3,(H,20,23);2*1H. The van der Waals surface area contributed by atoms with Gasteiger partial charge >= 0.3 is 0 Å². The highest BCUT2D eigenvalue weighted by Crippen LogP contribution is 2.19. The number of amides is 1. The van der Waals surface area contributed by atoms with Crippen molar-refractivity contribution in [2.24, 2.45) is 5.73 Å². The zero-order valence-electron chi connectivity index (χ0n) is 14.7. The zero-order valence-corrected chi connectivity index (χ0v) is 16.3. The quantitative estimate of drug-likeness (QED) is 0.822. The third kappa shape index (κ3) is 5.99. The molecule has 1 aliphatic carbocycles. The van der Waals surface area contributed by atoms with Crippen LogP contribution in [-0.2, 0) is 0 Å². The molecule has 142 valence electrons. The van der Waals surface area contributed by atoms with Crippen LogP contribution in [0.25, 0.3) is 0 Å². The van der Waals surface area contributed by atoms with Crippen LogP contribution in [0.4, 0.5) is 5.82 Å². The fourth-order valence-electron chi connectivity index (χ4n) is 3.30. The van der Waals surface area contributed by atoms with Crippen molar-refractivity contribution in [2.45, 2.75) is 37.8 Å². The lowest BCUT2D eigenvalue weighted by molar-refractivity contribution is 0.0926. The molecule has 0 radical (unpaired) electrons. The minimum absolute atomic E-state index is 0. The Balaban J connectivity index is 0.00000156. The van der Waals surface area contributed by atoms with Crippen LogP contribution in [0.1, 0.15) is 36.0 Å². The van der Waals surface area contributed by atoms with Gasteiger partial charge in [0, 0.05) is 50.0 Å². The van der Waals surface area contributed by atoms with Crippen LogP contribution in [0.5, 0.6) is 0 Å². The molecular weight excluding hydrogens is 361 g/mol. The average molecular weight is 390 g/mol. The maximum Gasteiger partial charge on any atom is 0.251 e. The van der Waals surface area contributed by atoms with E-state index in [1.807, 2.05) is 6.07 Å². The number of hydrogen-bond donors (Lipinski definition) is 2. The average Bonchev–Trinajstić information content (AvgIpc) is 2.58. The second kappa shape index (κ2) is 10.2. The van der Waals surface area contributed by atoms with Gasteiger partial charge in [-0.2, -0.15) is 0 Å². The highest BCUT2D eigenvalue weighted by molar-refractivity contribution is 5.95. The third-order valence-electron chi connectivity index (χ3n) is 4.94. The first kappa shape index (κ1) is 22.0. The number of nitrogens with zero attached hydrogens (tertiary/aromatic N) is 3. The molecule has 0 aromatic carbocycles. The number of anilines is 1. The molecule has 0 spiro atoms. The van der Waals surface area contributed by atoms with Crippen molar-refractivity contribution >= 4 is 36.5 Å². The first-order chi connectivity index (χ1) is 11.1. The Morgan fingerprint density at radius 2 is 1.80 bits per heavy atom. The molecule has 0 unspecified atom stereocenters. The van der Waals surface area contributed by atoms with E-state index in [9.17, 15) is 4.79 Å². The van der Waals surface area contributed by atoms with E-state index < -0.39 is 0 Å². The molecule has 8 heteroatoms. The predicted octanol–water partition coefficient (Wildman–Crippen LogP) is 1.68. The number of nitrogens with two attached hydrogens (primary N) is 1. The van der Waals surface area contributed by atoms with Gasteiger partial charge in [-0.05, 0) is 44.9 Å². The Kier molecular flexibility index (Phi) is 8.93. The van der Waals surface area contributed by atoms with Gasteiger partial charge in [0.15, 0.2) is 0 Å². The Labute approximate surface area is 162 Å². The first-order valence-corrected chi connectivity index (χ1v) is 8.58. The van der Waals surface area contributed by atoms with Gasteiger partial charge in [0.2, 0.25) is 0 Å². The number of pyridine rings is 1. The minimum Gasteiger partial charge on any atom is -0.354 e. The molecule has 1 saturated carbocycles. The summed E-state index contributed by atoms with van der Waals surface area (Å²) in [6.45, 7) is 3.96. The van der Waals surface area contributed by atoms with E-state index in [0.717, 1.165) is 57.7 Å². The van der Waals surface area contributed by atoms with Crippen molar-refractivity contribution in [1.82, 2.24) is 15.2 Å². The maximum absolute atomic E-state index is 12.5. The SMILES string of the molecule is CN1CCN(c2cc(C(=O)NC3CCC(N)CC3)ccn2)CC1.Cl.Cl. The van der Waals surface area contributed by atoms with Crippen molar-refractivity contribution < 1.29 is 4.79 Å². The van der Waals surface area contributed by atoms with Gasteiger partial charge in [0.25, 0.3) is 5.91 Å². The molecule has 2 heterocycles. The number of halogens is 2. The van der Waals surface area contributed by atoms with E-state index in [2.05, 4.69) is 27.1 Å². The van der Waals surface area contributed by atoms with Crippen LogP contribution in [0.15, 0.2) is 18.3 Å². The number of nitrogens with one attached hydrogen (secondary N) is 1. The van der Waals surface area contributed by atoms with E-state index in [-0.39, 0.29) is 36.8 Å². The largest absolute Gasteiger partial charge is 0.354 e. The summed E-state index contributed by atoms with van der Waals surface area (Å²) >= 11 is 0. The number of piperazine rings is 1. The molecule has 2 aliphatic rings.